The van der Waals surface area contributed by atoms with E-state index in [-0.39, 0.29) is 29.9 Å². The average Bonchev–Trinajstić information content (AvgIpc) is 2.69. The monoisotopic (exact) mass is 506 g/mol. The molecule has 0 aliphatic heterocycles. The standard InChI is InChI=1S/C20H34N4O3.HI/c1-4-10-22-19(25)18-9-6-8-17(15-18)16-24-20(21-5-2)23-11-7-12-27-14-13-26-3;/h6,8-9,15H,4-5,7,10-14,16H2,1-3H3,(H,22,25)(H2,21,23,24);1H. The number of guanidine groups is 1. The Labute approximate surface area is 186 Å². The van der Waals surface area contributed by atoms with Gasteiger partial charge in [-0.3, -0.25) is 4.79 Å². The first-order chi connectivity index (χ1) is 13.2. The molecule has 0 heterocycles. The van der Waals surface area contributed by atoms with Crippen LogP contribution >= 0.6 is 24.0 Å². The molecule has 0 fully saturated rings. The van der Waals surface area contributed by atoms with Gasteiger partial charge in [-0.1, -0.05) is 19.1 Å². The van der Waals surface area contributed by atoms with Crippen molar-refractivity contribution in [2.24, 2.45) is 4.99 Å². The molecule has 0 saturated carbocycles. The van der Waals surface area contributed by atoms with Gasteiger partial charge in [-0.05, 0) is 37.5 Å². The summed E-state index contributed by atoms with van der Waals surface area (Å²) >= 11 is 0. The Morgan fingerprint density at radius 1 is 1.07 bits per heavy atom. The van der Waals surface area contributed by atoms with Gasteiger partial charge in [0.1, 0.15) is 0 Å². The van der Waals surface area contributed by atoms with Gasteiger partial charge in [0.05, 0.1) is 19.8 Å². The van der Waals surface area contributed by atoms with Crippen LogP contribution in [0.25, 0.3) is 0 Å². The quantitative estimate of drug-likeness (QED) is 0.166. The van der Waals surface area contributed by atoms with Crippen LogP contribution in [-0.4, -0.2) is 58.4 Å². The van der Waals surface area contributed by atoms with Gasteiger partial charge in [0.2, 0.25) is 0 Å². The SMILES string of the molecule is CCCNC(=O)c1cccc(CN=C(NCC)NCCCOCCOC)c1.I. The topological polar surface area (TPSA) is 84.0 Å². The maximum absolute atomic E-state index is 12.1. The first-order valence-corrected chi connectivity index (χ1v) is 9.67. The normalized spacial score (nSPS) is 10.9. The number of amides is 1. The Morgan fingerprint density at radius 3 is 2.61 bits per heavy atom. The van der Waals surface area contributed by atoms with Crippen molar-refractivity contribution in [1.29, 1.82) is 0 Å². The second kappa shape index (κ2) is 17.7. The van der Waals surface area contributed by atoms with Gasteiger partial charge in [-0.15, -0.1) is 24.0 Å². The number of halogens is 1. The molecule has 0 spiro atoms. The maximum Gasteiger partial charge on any atom is 0.251 e. The number of benzene rings is 1. The summed E-state index contributed by atoms with van der Waals surface area (Å²) in [4.78, 5) is 16.7. The second-order valence-corrected chi connectivity index (χ2v) is 6.04. The van der Waals surface area contributed by atoms with Gasteiger partial charge >= 0.3 is 0 Å². The molecule has 0 radical (unpaired) electrons. The minimum absolute atomic E-state index is 0. The molecule has 1 aromatic carbocycles. The number of rotatable bonds is 13. The van der Waals surface area contributed by atoms with Crippen LogP contribution < -0.4 is 16.0 Å². The van der Waals surface area contributed by atoms with Crippen LogP contribution in [0.2, 0.25) is 0 Å². The third-order valence-corrected chi connectivity index (χ3v) is 3.68. The molecular formula is C20H35IN4O3. The van der Waals surface area contributed by atoms with E-state index in [4.69, 9.17) is 9.47 Å². The average molecular weight is 506 g/mol. The number of nitrogens with one attached hydrogen (secondary N) is 3. The number of ether oxygens (including phenoxy) is 2. The molecule has 0 aliphatic carbocycles. The number of hydrogen-bond acceptors (Lipinski definition) is 4. The van der Waals surface area contributed by atoms with E-state index in [0.717, 1.165) is 37.5 Å². The molecule has 160 valence electrons. The van der Waals surface area contributed by atoms with E-state index in [9.17, 15) is 4.79 Å². The van der Waals surface area contributed by atoms with Crippen LogP contribution in [0.4, 0.5) is 0 Å². The van der Waals surface area contributed by atoms with Gasteiger partial charge in [-0.2, -0.15) is 0 Å². The third kappa shape index (κ3) is 12.1. The lowest BCUT2D eigenvalue weighted by Crippen LogP contribution is -2.38. The highest BCUT2D eigenvalue weighted by molar-refractivity contribution is 14.0. The zero-order valence-electron chi connectivity index (χ0n) is 17.3. The van der Waals surface area contributed by atoms with Gasteiger partial charge < -0.3 is 25.4 Å². The van der Waals surface area contributed by atoms with Crippen molar-refractivity contribution in [2.75, 3.05) is 46.6 Å². The third-order valence-electron chi connectivity index (χ3n) is 3.68. The molecule has 0 unspecified atom stereocenters. The van der Waals surface area contributed by atoms with Gasteiger partial charge in [-0.25, -0.2) is 4.99 Å². The highest BCUT2D eigenvalue weighted by Gasteiger charge is 2.05. The number of hydrogen-bond donors (Lipinski definition) is 3. The van der Waals surface area contributed by atoms with Crippen molar-refractivity contribution >= 4 is 35.8 Å². The number of methoxy groups -OCH3 is 1. The molecule has 28 heavy (non-hydrogen) atoms. The van der Waals surface area contributed by atoms with Crippen LogP contribution in [0.3, 0.4) is 0 Å². The predicted molar refractivity (Wildman–Crippen MR) is 125 cm³/mol. The van der Waals surface area contributed by atoms with E-state index in [1.165, 1.54) is 0 Å². The first kappa shape index (κ1) is 26.6. The molecule has 1 aromatic rings. The number of carbonyl (C=O) groups excluding carboxylic acids is 1. The van der Waals surface area contributed by atoms with Crippen molar-refractivity contribution in [3.8, 4) is 0 Å². The minimum Gasteiger partial charge on any atom is -0.382 e. The largest absolute Gasteiger partial charge is 0.382 e. The fraction of sp³-hybridized carbons (Fsp3) is 0.600. The van der Waals surface area contributed by atoms with Gasteiger partial charge in [0.15, 0.2) is 5.96 Å². The minimum atomic E-state index is -0.0406. The Kier molecular flexibility index (Phi) is 16.8. The number of aliphatic imine (C=N–C) groups is 1. The van der Waals surface area contributed by atoms with Crippen molar-refractivity contribution in [3.63, 3.8) is 0 Å². The summed E-state index contributed by atoms with van der Waals surface area (Å²) in [6, 6.07) is 7.59. The molecule has 1 rings (SSSR count). The van der Waals surface area contributed by atoms with Crippen molar-refractivity contribution in [1.82, 2.24) is 16.0 Å². The summed E-state index contributed by atoms with van der Waals surface area (Å²) < 4.78 is 10.4. The van der Waals surface area contributed by atoms with E-state index in [1.54, 1.807) is 7.11 Å². The van der Waals surface area contributed by atoms with E-state index in [0.29, 0.717) is 38.5 Å². The molecule has 0 atom stereocenters. The molecule has 3 N–H and O–H groups in total. The van der Waals surface area contributed by atoms with Crippen LogP contribution in [0, 0.1) is 0 Å². The fourth-order valence-electron chi connectivity index (χ4n) is 2.29. The van der Waals surface area contributed by atoms with E-state index in [2.05, 4.69) is 20.9 Å². The molecular weight excluding hydrogens is 471 g/mol. The van der Waals surface area contributed by atoms with Crippen LogP contribution in [-0.2, 0) is 16.0 Å². The highest BCUT2D eigenvalue weighted by Crippen LogP contribution is 2.07. The van der Waals surface area contributed by atoms with Gasteiger partial charge in [0, 0.05) is 38.9 Å². The summed E-state index contributed by atoms with van der Waals surface area (Å²) in [5.74, 6) is 0.719. The Balaban J connectivity index is 0.00000729. The summed E-state index contributed by atoms with van der Waals surface area (Å²) in [7, 11) is 1.66. The Bertz CT molecular complexity index is 570. The molecule has 0 aromatic heterocycles. The van der Waals surface area contributed by atoms with E-state index < -0.39 is 0 Å². The summed E-state index contributed by atoms with van der Waals surface area (Å²) in [6.45, 7) is 8.74. The molecule has 0 saturated heterocycles. The Morgan fingerprint density at radius 2 is 1.89 bits per heavy atom. The smallest absolute Gasteiger partial charge is 0.251 e. The molecule has 0 aliphatic rings. The number of carbonyl (C=O) groups is 1. The van der Waals surface area contributed by atoms with Crippen LogP contribution in [0.5, 0.6) is 0 Å². The number of nitrogens with zero attached hydrogens (tertiary/aromatic N) is 1. The second-order valence-electron chi connectivity index (χ2n) is 6.04. The Hall–Kier alpha value is -1.39. The molecule has 7 nitrogen and oxygen atoms in total. The van der Waals surface area contributed by atoms with Crippen LogP contribution in [0.15, 0.2) is 29.3 Å². The maximum atomic E-state index is 12.1. The summed E-state index contributed by atoms with van der Waals surface area (Å²) in [6.07, 6.45) is 1.81. The zero-order chi connectivity index (χ0) is 19.7. The molecule has 0 bridgehead atoms. The van der Waals surface area contributed by atoms with E-state index >= 15 is 0 Å². The molecule has 8 heteroatoms. The lowest BCUT2D eigenvalue weighted by atomic mass is 10.1. The lowest BCUT2D eigenvalue weighted by Gasteiger charge is -2.11. The molecule has 1 amide bonds. The predicted octanol–water partition coefficient (Wildman–Crippen LogP) is 2.55. The lowest BCUT2D eigenvalue weighted by molar-refractivity contribution is 0.0698. The van der Waals surface area contributed by atoms with Crippen molar-refractivity contribution in [2.45, 2.75) is 33.2 Å². The fourth-order valence-corrected chi connectivity index (χ4v) is 2.29. The first-order valence-electron chi connectivity index (χ1n) is 9.67. The van der Waals surface area contributed by atoms with Crippen LogP contribution in [0.1, 0.15) is 42.6 Å². The zero-order valence-corrected chi connectivity index (χ0v) is 19.6. The van der Waals surface area contributed by atoms with E-state index in [1.807, 2.05) is 38.1 Å². The summed E-state index contributed by atoms with van der Waals surface area (Å²) in [5.41, 5.74) is 1.67. The summed E-state index contributed by atoms with van der Waals surface area (Å²) in [5, 5.41) is 9.42. The highest BCUT2D eigenvalue weighted by atomic mass is 127. The van der Waals surface area contributed by atoms with Gasteiger partial charge in [0.25, 0.3) is 5.91 Å². The van der Waals surface area contributed by atoms with Crippen molar-refractivity contribution in [3.05, 3.63) is 35.4 Å². The van der Waals surface area contributed by atoms with Crippen molar-refractivity contribution < 1.29 is 14.3 Å².